The third kappa shape index (κ3) is 2.11. The van der Waals surface area contributed by atoms with Crippen LogP contribution in [0.2, 0.25) is 0 Å². The lowest BCUT2D eigenvalue weighted by molar-refractivity contribution is 0.107. The Morgan fingerprint density at radius 2 is 2.62 bits per heavy atom. The Labute approximate surface area is 78.7 Å². The number of rotatable bonds is 3. The van der Waals surface area contributed by atoms with Crippen molar-refractivity contribution in [2.24, 2.45) is 0 Å². The number of H-pyrrole nitrogens is 1. The van der Waals surface area contributed by atoms with Crippen LogP contribution in [0.1, 0.15) is 12.1 Å². The maximum atomic E-state index is 5.31. The van der Waals surface area contributed by atoms with Gasteiger partial charge in [0.25, 0.3) is 0 Å². The molecule has 2 heterocycles. The molecule has 1 saturated heterocycles. The highest BCUT2D eigenvalue weighted by Gasteiger charge is 2.21. The van der Waals surface area contributed by atoms with Crippen molar-refractivity contribution in [3.05, 3.63) is 24.0 Å². The quantitative estimate of drug-likeness (QED) is 0.758. The third-order valence-electron chi connectivity index (χ3n) is 2.62. The maximum Gasteiger partial charge on any atom is 0.0710 e. The van der Waals surface area contributed by atoms with Crippen LogP contribution in [0.3, 0.4) is 0 Å². The van der Waals surface area contributed by atoms with Crippen LogP contribution in [0.25, 0.3) is 0 Å². The number of hydrogen-bond donors (Lipinski definition) is 1. The number of methoxy groups -OCH3 is 1. The first-order valence-corrected chi connectivity index (χ1v) is 4.76. The van der Waals surface area contributed by atoms with E-state index in [0.717, 1.165) is 26.1 Å². The van der Waals surface area contributed by atoms with E-state index in [1.54, 1.807) is 7.11 Å². The Bertz CT molecular complexity index is 245. The van der Waals surface area contributed by atoms with Crippen LogP contribution in [-0.2, 0) is 11.3 Å². The van der Waals surface area contributed by atoms with Gasteiger partial charge in [0.1, 0.15) is 0 Å². The van der Waals surface area contributed by atoms with Crippen molar-refractivity contribution in [2.75, 3.05) is 20.2 Å². The van der Waals surface area contributed by atoms with E-state index in [4.69, 9.17) is 4.74 Å². The fraction of sp³-hybridized carbons (Fsp3) is 0.600. The van der Waals surface area contributed by atoms with Gasteiger partial charge in [-0.05, 0) is 18.6 Å². The van der Waals surface area contributed by atoms with Crippen LogP contribution in [0, 0.1) is 0 Å². The van der Waals surface area contributed by atoms with Crippen molar-refractivity contribution in [1.82, 2.24) is 9.88 Å². The zero-order chi connectivity index (χ0) is 9.10. The monoisotopic (exact) mass is 180 g/mol. The Balaban J connectivity index is 1.84. The number of nitrogens with one attached hydrogen (secondary N) is 1. The first-order valence-electron chi connectivity index (χ1n) is 4.76. The average molecular weight is 180 g/mol. The molecule has 1 N–H and O–H groups in total. The minimum absolute atomic E-state index is 0.440. The number of hydrogen-bond acceptors (Lipinski definition) is 2. The van der Waals surface area contributed by atoms with Gasteiger partial charge in [-0.1, -0.05) is 0 Å². The van der Waals surface area contributed by atoms with Crippen LogP contribution < -0.4 is 0 Å². The molecule has 2 rings (SSSR count). The lowest BCUT2D eigenvalue weighted by Gasteiger charge is -2.14. The van der Waals surface area contributed by atoms with Crippen LogP contribution in [-0.4, -0.2) is 36.2 Å². The molecule has 3 heteroatoms. The average Bonchev–Trinajstić information content (AvgIpc) is 2.76. The molecule has 0 aliphatic carbocycles. The van der Waals surface area contributed by atoms with Crippen molar-refractivity contribution in [3.63, 3.8) is 0 Å². The van der Waals surface area contributed by atoms with E-state index in [1.807, 2.05) is 12.3 Å². The number of ether oxygens (including phenoxy) is 1. The predicted octanol–water partition coefficient (Wildman–Crippen LogP) is 1.24. The molecular formula is C10H16N2O. The molecule has 0 spiro atoms. The summed E-state index contributed by atoms with van der Waals surface area (Å²) in [6.07, 6.45) is 3.58. The van der Waals surface area contributed by atoms with Crippen molar-refractivity contribution >= 4 is 0 Å². The lowest BCUT2D eigenvalue weighted by Crippen LogP contribution is -2.22. The van der Waals surface area contributed by atoms with Gasteiger partial charge in [-0.2, -0.15) is 0 Å². The van der Waals surface area contributed by atoms with Gasteiger partial charge in [0.05, 0.1) is 6.10 Å². The predicted molar refractivity (Wildman–Crippen MR) is 51.5 cm³/mol. The van der Waals surface area contributed by atoms with Crippen molar-refractivity contribution in [1.29, 1.82) is 0 Å². The normalized spacial score (nSPS) is 23.9. The lowest BCUT2D eigenvalue weighted by atomic mass is 10.3. The minimum atomic E-state index is 0.440. The molecule has 1 fully saturated rings. The summed E-state index contributed by atoms with van der Waals surface area (Å²) in [4.78, 5) is 5.63. The van der Waals surface area contributed by atoms with Gasteiger partial charge in [-0.3, -0.25) is 4.90 Å². The van der Waals surface area contributed by atoms with Crippen molar-refractivity contribution in [2.45, 2.75) is 19.1 Å². The summed E-state index contributed by atoms with van der Waals surface area (Å²) in [6.45, 7) is 3.24. The van der Waals surface area contributed by atoms with Gasteiger partial charge in [0.15, 0.2) is 0 Å². The van der Waals surface area contributed by atoms with Crippen LogP contribution in [0.4, 0.5) is 0 Å². The van der Waals surface area contributed by atoms with Crippen LogP contribution in [0.5, 0.6) is 0 Å². The first kappa shape index (κ1) is 8.78. The Kier molecular flexibility index (Phi) is 2.66. The summed E-state index contributed by atoms with van der Waals surface area (Å²) in [7, 11) is 1.79. The molecule has 0 aromatic carbocycles. The maximum absolute atomic E-state index is 5.31. The zero-order valence-electron chi connectivity index (χ0n) is 7.99. The van der Waals surface area contributed by atoms with Gasteiger partial charge in [0.2, 0.25) is 0 Å². The molecule has 0 radical (unpaired) electrons. The van der Waals surface area contributed by atoms with E-state index in [-0.39, 0.29) is 0 Å². The highest BCUT2D eigenvalue weighted by molar-refractivity contribution is 5.03. The third-order valence-corrected chi connectivity index (χ3v) is 2.62. The summed E-state index contributed by atoms with van der Waals surface area (Å²) >= 11 is 0. The van der Waals surface area contributed by atoms with E-state index >= 15 is 0 Å². The van der Waals surface area contributed by atoms with Crippen LogP contribution in [0.15, 0.2) is 18.3 Å². The second kappa shape index (κ2) is 3.94. The van der Waals surface area contributed by atoms with E-state index in [1.165, 1.54) is 5.69 Å². The molecule has 3 nitrogen and oxygen atoms in total. The number of likely N-dealkylation sites (tertiary alicyclic amines) is 1. The highest BCUT2D eigenvalue weighted by atomic mass is 16.5. The molecule has 1 aromatic rings. The largest absolute Gasteiger partial charge is 0.380 e. The number of aromatic amines is 1. The van der Waals surface area contributed by atoms with Gasteiger partial charge in [0, 0.05) is 38.6 Å². The fourth-order valence-electron chi connectivity index (χ4n) is 1.84. The first-order chi connectivity index (χ1) is 6.38. The topological polar surface area (TPSA) is 28.3 Å². The van der Waals surface area contributed by atoms with Crippen molar-refractivity contribution < 1.29 is 4.74 Å². The summed E-state index contributed by atoms with van der Waals surface area (Å²) in [6, 6.07) is 4.17. The fourth-order valence-corrected chi connectivity index (χ4v) is 1.84. The Hall–Kier alpha value is -0.800. The van der Waals surface area contributed by atoms with E-state index < -0.39 is 0 Å². The van der Waals surface area contributed by atoms with Crippen LogP contribution >= 0.6 is 0 Å². The summed E-state index contributed by atoms with van der Waals surface area (Å²) in [5.74, 6) is 0. The second-order valence-corrected chi connectivity index (χ2v) is 3.58. The van der Waals surface area contributed by atoms with Gasteiger partial charge >= 0.3 is 0 Å². The standard InChI is InChI=1S/C10H16N2O/c1-13-10-4-6-12(8-10)7-9-3-2-5-11-9/h2-3,5,10-11H,4,6-8H2,1H3/t10-/m0/s1. The van der Waals surface area contributed by atoms with E-state index in [9.17, 15) is 0 Å². The Morgan fingerprint density at radius 1 is 1.69 bits per heavy atom. The molecule has 1 atom stereocenters. The SMILES string of the molecule is CO[C@H]1CCN(Cc2ccc[nH]2)C1. The molecule has 1 aromatic heterocycles. The van der Waals surface area contributed by atoms with Gasteiger partial charge < -0.3 is 9.72 Å². The molecular weight excluding hydrogens is 164 g/mol. The summed E-state index contributed by atoms with van der Waals surface area (Å²) in [5, 5.41) is 0. The minimum Gasteiger partial charge on any atom is -0.380 e. The number of nitrogens with zero attached hydrogens (tertiary/aromatic N) is 1. The molecule has 72 valence electrons. The summed E-state index contributed by atoms with van der Waals surface area (Å²) in [5.41, 5.74) is 1.29. The van der Waals surface area contributed by atoms with E-state index in [2.05, 4.69) is 16.0 Å². The molecule has 0 saturated carbocycles. The smallest absolute Gasteiger partial charge is 0.0710 e. The zero-order valence-corrected chi connectivity index (χ0v) is 7.99. The number of aromatic nitrogens is 1. The summed E-state index contributed by atoms with van der Waals surface area (Å²) < 4.78 is 5.31. The molecule has 0 bridgehead atoms. The van der Waals surface area contributed by atoms with E-state index in [0.29, 0.717) is 6.10 Å². The molecule has 13 heavy (non-hydrogen) atoms. The van der Waals surface area contributed by atoms with Crippen molar-refractivity contribution in [3.8, 4) is 0 Å². The molecule has 0 amide bonds. The molecule has 1 aliphatic heterocycles. The molecule has 0 unspecified atom stereocenters. The molecule has 1 aliphatic rings. The van der Waals surface area contributed by atoms with Gasteiger partial charge in [-0.15, -0.1) is 0 Å². The van der Waals surface area contributed by atoms with Gasteiger partial charge in [-0.25, -0.2) is 0 Å². The second-order valence-electron chi connectivity index (χ2n) is 3.58. The highest BCUT2D eigenvalue weighted by Crippen LogP contribution is 2.14. The Morgan fingerprint density at radius 3 is 3.23 bits per heavy atom.